The van der Waals surface area contributed by atoms with E-state index in [1.54, 1.807) is 7.11 Å². The van der Waals surface area contributed by atoms with Crippen LogP contribution in [0.5, 0.6) is 5.75 Å². The van der Waals surface area contributed by atoms with Crippen molar-refractivity contribution in [1.82, 2.24) is 15.2 Å². The van der Waals surface area contributed by atoms with Crippen LogP contribution < -0.4 is 10.1 Å². The molecule has 2 aliphatic heterocycles. The Morgan fingerprint density at radius 3 is 2.65 bits per heavy atom. The molecule has 1 aromatic carbocycles. The third-order valence-corrected chi connectivity index (χ3v) is 5.76. The van der Waals surface area contributed by atoms with Crippen LogP contribution in [0, 0.1) is 0 Å². The summed E-state index contributed by atoms with van der Waals surface area (Å²) in [4.78, 5) is 19.3. The van der Waals surface area contributed by atoms with Crippen LogP contribution >= 0.6 is 36.2 Å². The van der Waals surface area contributed by atoms with Gasteiger partial charge in [0.1, 0.15) is 16.5 Å². The zero-order valence-electron chi connectivity index (χ0n) is 14.5. The maximum atomic E-state index is 12.8. The van der Waals surface area contributed by atoms with Gasteiger partial charge in [-0.1, -0.05) is 0 Å². The fourth-order valence-corrected chi connectivity index (χ4v) is 4.33. The second-order valence-electron chi connectivity index (χ2n) is 6.44. The highest BCUT2D eigenvalue weighted by Gasteiger charge is 2.32. The van der Waals surface area contributed by atoms with Crippen LogP contribution in [-0.4, -0.2) is 48.1 Å². The van der Waals surface area contributed by atoms with Gasteiger partial charge in [-0.15, -0.1) is 36.2 Å². The molecular formula is C18H23Cl2N3O2S. The zero-order chi connectivity index (χ0) is 16.5. The summed E-state index contributed by atoms with van der Waals surface area (Å²) in [6, 6.07) is 8.80. The molecule has 1 aromatic heterocycles. The highest BCUT2D eigenvalue weighted by atomic mass is 35.5. The van der Waals surface area contributed by atoms with Gasteiger partial charge in [-0.3, -0.25) is 4.79 Å². The van der Waals surface area contributed by atoms with Crippen molar-refractivity contribution in [3.63, 3.8) is 0 Å². The second-order valence-corrected chi connectivity index (χ2v) is 7.30. The lowest BCUT2D eigenvalue weighted by atomic mass is 10.1. The number of likely N-dealkylation sites (tertiary alicyclic amines) is 1. The molecule has 0 aliphatic carbocycles. The number of methoxy groups -OCH3 is 1. The van der Waals surface area contributed by atoms with Gasteiger partial charge in [0.2, 0.25) is 0 Å². The molecule has 4 rings (SSSR count). The van der Waals surface area contributed by atoms with Gasteiger partial charge in [0.15, 0.2) is 0 Å². The summed E-state index contributed by atoms with van der Waals surface area (Å²) in [5.41, 5.74) is 1.57. The van der Waals surface area contributed by atoms with Crippen molar-refractivity contribution in [2.75, 3.05) is 20.2 Å². The van der Waals surface area contributed by atoms with Gasteiger partial charge in [0.25, 0.3) is 5.91 Å². The molecule has 2 unspecified atom stereocenters. The maximum Gasteiger partial charge on any atom is 0.273 e. The molecule has 26 heavy (non-hydrogen) atoms. The zero-order valence-corrected chi connectivity index (χ0v) is 17.0. The van der Waals surface area contributed by atoms with Crippen molar-refractivity contribution in [1.29, 1.82) is 0 Å². The lowest BCUT2D eigenvalue weighted by Crippen LogP contribution is -2.39. The molecule has 2 fully saturated rings. The summed E-state index contributed by atoms with van der Waals surface area (Å²) in [5, 5.41) is 6.35. The molecule has 5 nitrogen and oxygen atoms in total. The van der Waals surface area contributed by atoms with E-state index in [1.807, 2.05) is 34.5 Å². The number of nitrogens with zero attached hydrogens (tertiary/aromatic N) is 2. The van der Waals surface area contributed by atoms with Gasteiger partial charge in [0, 0.05) is 36.1 Å². The van der Waals surface area contributed by atoms with Gasteiger partial charge in [-0.05, 0) is 43.5 Å². The van der Waals surface area contributed by atoms with E-state index in [1.165, 1.54) is 24.2 Å². The number of rotatable bonds is 3. The lowest BCUT2D eigenvalue weighted by Gasteiger charge is -2.23. The molecule has 0 spiro atoms. The normalized spacial score (nSPS) is 21.3. The Kier molecular flexibility index (Phi) is 7.29. The van der Waals surface area contributed by atoms with E-state index in [2.05, 4.69) is 10.3 Å². The van der Waals surface area contributed by atoms with Gasteiger partial charge < -0.3 is 15.0 Å². The molecule has 2 bridgehead atoms. The van der Waals surface area contributed by atoms with Crippen LogP contribution in [0.2, 0.25) is 0 Å². The van der Waals surface area contributed by atoms with Gasteiger partial charge >= 0.3 is 0 Å². The number of thiazole rings is 1. The summed E-state index contributed by atoms with van der Waals surface area (Å²) in [6.45, 7) is 1.62. The van der Waals surface area contributed by atoms with Crippen LogP contribution in [0.1, 0.15) is 29.8 Å². The van der Waals surface area contributed by atoms with Crippen LogP contribution in [0.15, 0.2) is 29.6 Å². The van der Waals surface area contributed by atoms with E-state index < -0.39 is 0 Å². The van der Waals surface area contributed by atoms with Crippen LogP contribution in [0.25, 0.3) is 10.6 Å². The first kappa shape index (κ1) is 21.0. The van der Waals surface area contributed by atoms with Crippen molar-refractivity contribution in [2.24, 2.45) is 0 Å². The smallest absolute Gasteiger partial charge is 0.273 e. The number of ether oxygens (including phenoxy) is 1. The molecular weight excluding hydrogens is 393 g/mol. The first-order valence-corrected chi connectivity index (χ1v) is 9.26. The Morgan fingerprint density at radius 2 is 1.92 bits per heavy atom. The van der Waals surface area contributed by atoms with E-state index in [-0.39, 0.29) is 30.7 Å². The Bertz CT molecular complexity index is 738. The van der Waals surface area contributed by atoms with Crippen LogP contribution in [0.4, 0.5) is 0 Å². The summed E-state index contributed by atoms with van der Waals surface area (Å²) < 4.78 is 5.18. The number of amides is 1. The first-order valence-electron chi connectivity index (χ1n) is 8.38. The fraction of sp³-hybridized carbons (Fsp3) is 0.444. The minimum atomic E-state index is 0. The van der Waals surface area contributed by atoms with Crippen molar-refractivity contribution in [3.05, 3.63) is 35.3 Å². The van der Waals surface area contributed by atoms with Crippen molar-refractivity contribution < 1.29 is 9.53 Å². The molecule has 2 saturated heterocycles. The predicted molar refractivity (Wildman–Crippen MR) is 109 cm³/mol. The lowest BCUT2D eigenvalue weighted by molar-refractivity contribution is 0.0743. The third-order valence-electron chi connectivity index (χ3n) is 4.87. The molecule has 2 aromatic rings. The molecule has 0 radical (unpaired) electrons. The van der Waals surface area contributed by atoms with E-state index in [9.17, 15) is 4.79 Å². The monoisotopic (exact) mass is 415 g/mol. The van der Waals surface area contributed by atoms with E-state index in [0.717, 1.165) is 35.8 Å². The minimum absolute atomic E-state index is 0. The van der Waals surface area contributed by atoms with Crippen molar-refractivity contribution in [3.8, 4) is 16.3 Å². The average Bonchev–Trinajstić information content (AvgIpc) is 3.21. The minimum Gasteiger partial charge on any atom is -0.497 e. The molecule has 8 heteroatoms. The van der Waals surface area contributed by atoms with Crippen molar-refractivity contribution >= 4 is 42.1 Å². The summed E-state index contributed by atoms with van der Waals surface area (Å²) >= 11 is 1.51. The largest absolute Gasteiger partial charge is 0.497 e. The standard InChI is InChI=1S/C18H21N3O2S.2ClH/c1-23-15-6-2-12(3-7-15)17-20-16(11-24-17)18(22)21-9-8-13-4-5-14(10-21)19-13;;/h2-3,6-7,11,13-14,19H,4-5,8-10H2,1H3;2*1H. The van der Waals surface area contributed by atoms with Gasteiger partial charge in [-0.2, -0.15) is 0 Å². The highest BCUT2D eigenvalue weighted by Crippen LogP contribution is 2.27. The summed E-state index contributed by atoms with van der Waals surface area (Å²) in [7, 11) is 1.65. The first-order chi connectivity index (χ1) is 11.7. The number of carbonyl (C=O) groups is 1. The number of hydrogen-bond donors (Lipinski definition) is 1. The molecule has 2 atom stereocenters. The number of nitrogens with one attached hydrogen (secondary N) is 1. The Morgan fingerprint density at radius 1 is 1.19 bits per heavy atom. The fourth-order valence-electron chi connectivity index (χ4n) is 3.53. The predicted octanol–water partition coefficient (Wildman–Crippen LogP) is 3.63. The Labute approximate surface area is 170 Å². The van der Waals surface area contributed by atoms with E-state index in [4.69, 9.17) is 4.74 Å². The second kappa shape index (κ2) is 9.04. The van der Waals surface area contributed by atoms with Gasteiger partial charge in [0.05, 0.1) is 7.11 Å². The Balaban J connectivity index is 0.00000121. The Hall–Kier alpha value is -1.34. The average molecular weight is 416 g/mol. The highest BCUT2D eigenvalue weighted by molar-refractivity contribution is 7.13. The summed E-state index contributed by atoms with van der Waals surface area (Å²) in [6.07, 6.45) is 3.45. The topological polar surface area (TPSA) is 54.5 Å². The molecule has 3 heterocycles. The van der Waals surface area contributed by atoms with Crippen LogP contribution in [0.3, 0.4) is 0 Å². The van der Waals surface area contributed by atoms with Crippen molar-refractivity contribution in [2.45, 2.75) is 31.3 Å². The number of aromatic nitrogens is 1. The molecule has 0 saturated carbocycles. The third kappa shape index (κ3) is 4.31. The SMILES string of the molecule is COc1ccc(-c2nc(C(=O)N3CCC4CCC(C3)N4)cs2)cc1.Cl.Cl. The molecule has 142 valence electrons. The number of hydrogen-bond acceptors (Lipinski definition) is 5. The van der Waals surface area contributed by atoms with Crippen LogP contribution in [-0.2, 0) is 0 Å². The number of fused-ring (bicyclic) bond motifs is 2. The molecule has 1 amide bonds. The number of carbonyl (C=O) groups excluding carboxylic acids is 1. The van der Waals surface area contributed by atoms with E-state index >= 15 is 0 Å². The maximum absolute atomic E-state index is 12.8. The molecule has 2 aliphatic rings. The molecule has 1 N–H and O–H groups in total. The quantitative estimate of drug-likeness (QED) is 0.831. The number of benzene rings is 1. The summed E-state index contributed by atoms with van der Waals surface area (Å²) in [5.74, 6) is 0.874. The van der Waals surface area contributed by atoms with E-state index in [0.29, 0.717) is 17.8 Å². The number of halogens is 2. The van der Waals surface area contributed by atoms with Gasteiger partial charge in [-0.25, -0.2) is 4.98 Å².